The second-order valence-corrected chi connectivity index (χ2v) is 5.98. The van der Waals surface area contributed by atoms with Crippen LogP contribution >= 0.6 is 0 Å². The van der Waals surface area contributed by atoms with E-state index < -0.39 is 0 Å². The van der Waals surface area contributed by atoms with Gasteiger partial charge in [-0.3, -0.25) is 4.98 Å². The zero-order chi connectivity index (χ0) is 13.3. The molecule has 1 aromatic heterocycles. The number of hydrogen-bond donors (Lipinski definition) is 1. The van der Waals surface area contributed by atoms with Crippen molar-refractivity contribution in [3.8, 4) is 5.75 Å². The van der Waals surface area contributed by atoms with Crippen LogP contribution in [-0.4, -0.2) is 23.7 Å². The summed E-state index contributed by atoms with van der Waals surface area (Å²) in [6, 6.07) is 4.66. The van der Waals surface area contributed by atoms with E-state index in [2.05, 4.69) is 17.2 Å². The van der Waals surface area contributed by atoms with Gasteiger partial charge in [-0.1, -0.05) is 19.8 Å². The Bertz CT molecular complexity index is 440. The molecule has 3 heteroatoms. The highest BCUT2D eigenvalue weighted by Gasteiger charge is 2.57. The highest BCUT2D eigenvalue weighted by molar-refractivity contribution is 5.27. The van der Waals surface area contributed by atoms with Gasteiger partial charge in [-0.15, -0.1) is 0 Å². The number of aromatic nitrogens is 1. The van der Waals surface area contributed by atoms with E-state index in [1.54, 1.807) is 0 Å². The Morgan fingerprint density at radius 3 is 2.89 bits per heavy atom. The fraction of sp³-hybridized carbons (Fsp3) is 0.688. The van der Waals surface area contributed by atoms with Crippen molar-refractivity contribution in [1.82, 2.24) is 10.3 Å². The Morgan fingerprint density at radius 2 is 2.21 bits per heavy atom. The van der Waals surface area contributed by atoms with Gasteiger partial charge in [0.15, 0.2) is 0 Å². The fourth-order valence-electron chi connectivity index (χ4n) is 3.90. The number of ether oxygens (including phenoxy) is 1. The predicted molar refractivity (Wildman–Crippen MR) is 76.4 cm³/mol. The van der Waals surface area contributed by atoms with Crippen molar-refractivity contribution in [1.29, 1.82) is 0 Å². The van der Waals surface area contributed by atoms with Crippen molar-refractivity contribution in [3.63, 3.8) is 0 Å². The van der Waals surface area contributed by atoms with Crippen molar-refractivity contribution in [3.05, 3.63) is 24.0 Å². The lowest BCUT2D eigenvalue weighted by molar-refractivity contribution is -0.0760. The van der Waals surface area contributed by atoms with Gasteiger partial charge in [-0.2, -0.15) is 0 Å². The topological polar surface area (TPSA) is 34.1 Å². The van der Waals surface area contributed by atoms with Crippen molar-refractivity contribution < 1.29 is 4.74 Å². The molecular weight excluding hydrogens is 236 g/mol. The lowest BCUT2D eigenvalue weighted by Crippen LogP contribution is -2.63. The molecule has 1 N–H and O–H groups in total. The standard InChI is InChI=1S/C16H24N2O/c1-3-17-14-11-15(16(14)8-4-5-9-16)19-13-7-6-10-18-12(13)2/h6-7,10,14-15,17H,3-5,8-9,11H2,1-2H3. The first-order chi connectivity index (χ1) is 9.26. The molecule has 104 valence electrons. The molecule has 2 aliphatic rings. The van der Waals surface area contributed by atoms with Gasteiger partial charge in [0.1, 0.15) is 11.9 Å². The minimum absolute atomic E-state index is 0.377. The lowest BCUT2D eigenvalue weighted by Gasteiger charge is -2.54. The van der Waals surface area contributed by atoms with E-state index >= 15 is 0 Å². The second-order valence-electron chi connectivity index (χ2n) is 5.98. The van der Waals surface area contributed by atoms with E-state index in [9.17, 15) is 0 Å². The number of nitrogens with one attached hydrogen (secondary N) is 1. The molecule has 2 saturated carbocycles. The maximum Gasteiger partial charge on any atom is 0.140 e. The Hall–Kier alpha value is -1.09. The Labute approximate surface area is 115 Å². The minimum atomic E-state index is 0.377. The molecule has 2 aliphatic carbocycles. The minimum Gasteiger partial charge on any atom is -0.488 e. The molecule has 3 rings (SSSR count). The zero-order valence-electron chi connectivity index (χ0n) is 12.0. The van der Waals surface area contributed by atoms with Crippen molar-refractivity contribution >= 4 is 0 Å². The molecule has 3 nitrogen and oxygen atoms in total. The Balaban J connectivity index is 1.74. The Kier molecular flexibility index (Phi) is 3.48. The summed E-state index contributed by atoms with van der Waals surface area (Å²) in [5.74, 6) is 0.966. The van der Waals surface area contributed by atoms with Crippen LogP contribution in [0.5, 0.6) is 5.75 Å². The molecule has 0 bridgehead atoms. The van der Waals surface area contributed by atoms with Gasteiger partial charge < -0.3 is 10.1 Å². The molecule has 0 radical (unpaired) electrons. The molecule has 1 aromatic rings. The quantitative estimate of drug-likeness (QED) is 0.903. The molecule has 1 spiro atoms. The van der Waals surface area contributed by atoms with Gasteiger partial charge in [0.25, 0.3) is 0 Å². The van der Waals surface area contributed by atoms with E-state index in [0.29, 0.717) is 17.6 Å². The van der Waals surface area contributed by atoms with Gasteiger partial charge in [-0.25, -0.2) is 0 Å². The third kappa shape index (κ3) is 2.14. The molecule has 1 heterocycles. The number of hydrogen-bond acceptors (Lipinski definition) is 3. The van der Waals surface area contributed by atoms with Crippen LogP contribution in [0.15, 0.2) is 18.3 Å². The molecule has 2 unspecified atom stereocenters. The average molecular weight is 260 g/mol. The van der Waals surface area contributed by atoms with Gasteiger partial charge in [0, 0.05) is 24.1 Å². The van der Waals surface area contributed by atoms with Crippen LogP contribution in [0.3, 0.4) is 0 Å². The molecule has 0 aliphatic heterocycles. The lowest BCUT2D eigenvalue weighted by atomic mass is 9.60. The van der Waals surface area contributed by atoms with E-state index in [4.69, 9.17) is 4.74 Å². The van der Waals surface area contributed by atoms with Crippen molar-refractivity contribution in [2.45, 2.75) is 58.1 Å². The maximum atomic E-state index is 6.29. The molecule has 2 atom stereocenters. The first-order valence-corrected chi connectivity index (χ1v) is 7.58. The Morgan fingerprint density at radius 1 is 1.42 bits per heavy atom. The molecular formula is C16H24N2O. The highest BCUT2D eigenvalue weighted by atomic mass is 16.5. The van der Waals surface area contributed by atoms with Crippen molar-refractivity contribution in [2.24, 2.45) is 5.41 Å². The van der Waals surface area contributed by atoms with E-state index in [-0.39, 0.29) is 0 Å². The van der Waals surface area contributed by atoms with Crippen LogP contribution in [-0.2, 0) is 0 Å². The van der Waals surface area contributed by atoms with Gasteiger partial charge in [0.05, 0.1) is 5.69 Å². The summed E-state index contributed by atoms with van der Waals surface area (Å²) in [6.45, 7) is 5.28. The maximum absolute atomic E-state index is 6.29. The summed E-state index contributed by atoms with van der Waals surface area (Å²) in [5, 5.41) is 3.65. The summed E-state index contributed by atoms with van der Waals surface area (Å²) >= 11 is 0. The molecule has 0 saturated heterocycles. The number of nitrogens with zero attached hydrogens (tertiary/aromatic N) is 1. The molecule has 0 aromatic carbocycles. The monoisotopic (exact) mass is 260 g/mol. The second kappa shape index (κ2) is 5.12. The summed E-state index contributed by atoms with van der Waals surface area (Å²) in [6.07, 6.45) is 8.69. The molecule has 19 heavy (non-hydrogen) atoms. The third-order valence-corrected chi connectivity index (χ3v) is 5.00. The summed E-state index contributed by atoms with van der Waals surface area (Å²) in [4.78, 5) is 4.32. The summed E-state index contributed by atoms with van der Waals surface area (Å²) in [5.41, 5.74) is 1.39. The van der Waals surface area contributed by atoms with Gasteiger partial charge in [0.2, 0.25) is 0 Å². The SMILES string of the molecule is CCNC1CC(Oc2cccnc2C)C12CCCC2. The number of pyridine rings is 1. The number of aryl methyl sites for hydroxylation is 1. The van der Waals surface area contributed by atoms with Crippen LogP contribution in [0, 0.1) is 12.3 Å². The summed E-state index contributed by atoms with van der Waals surface area (Å²) in [7, 11) is 0. The first-order valence-electron chi connectivity index (χ1n) is 7.58. The van der Waals surface area contributed by atoms with E-state index in [0.717, 1.165) is 24.4 Å². The predicted octanol–water partition coefficient (Wildman–Crippen LogP) is 3.08. The fourth-order valence-corrected chi connectivity index (χ4v) is 3.90. The zero-order valence-corrected chi connectivity index (χ0v) is 12.0. The number of rotatable bonds is 4. The van der Waals surface area contributed by atoms with Crippen LogP contribution in [0.25, 0.3) is 0 Å². The largest absolute Gasteiger partial charge is 0.488 e. The smallest absolute Gasteiger partial charge is 0.140 e. The summed E-state index contributed by atoms with van der Waals surface area (Å²) < 4.78 is 6.29. The van der Waals surface area contributed by atoms with Crippen molar-refractivity contribution in [2.75, 3.05) is 6.54 Å². The molecule has 0 amide bonds. The van der Waals surface area contributed by atoms with E-state index in [1.807, 2.05) is 25.3 Å². The normalized spacial score (nSPS) is 28.3. The van der Waals surface area contributed by atoms with E-state index in [1.165, 1.54) is 25.7 Å². The van der Waals surface area contributed by atoms with Crippen LogP contribution in [0.1, 0.15) is 44.7 Å². The van der Waals surface area contributed by atoms with Crippen LogP contribution in [0.2, 0.25) is 0 Å². The molecule has 2 fully saturated rings. The average Bonchev–Trinajstić information content (AvgIpc) is 2.92. The van der Waals surface area contributed by atoms with Gasteiger partial charge >= 0.3 is 0 Å². The first kappa shape index (κ1) is 12.9. The van der Waals surface area contributed by atoms with Crippen LogP contribution in [0.4, 0.5) is 0 Å². The third-order valence-electron chi connectivity index (χ3n) is 5.00. The van der Waals surface area contributed by atoms with Crippen LogP contribution < -0.4 is 10.1 Å². The highest BCUT2D eigenvalue weighted by Crippen LogP contribution is 2.54. The van der Waals surface area contributed by atoms with Gasteiger partial charge in [-0.05, 0) is 38.4 Å².